The van der Waals surface area contributed by atoms with E-state index in [9.17, 15) is 19.2 Å². The lowest BCUT2D eigenvalue weighted by atomic mass is 9.92. The number of Topliss-reactive ketones (excluding diaryl/α,β-unsaturated/α-hetero) is 1. The summed E-state index contributed by atoms with van der Waals surface area (Å²) in [7, 11) is 1.56. The van der Waals surface area contributed by atoms with Crippen LogP contribution in [-0.2, 0) is 4.79 Å². The van der Waals surface area contributed by atoms with Gasteiger partial charge in [0.05, 0.1) is 10.2 Å². The fraction of sp³-hybridized carbons (Fsp3) is 0.400. The van der Waals surface area contributed by atoms with E-state index in [0.29, 0.717) is 31.6 Å². The van der Waals surface area contributed by atoms with Gasteiger partial charge in [-0.05, 0) is 47.0 Å². The molecule has 0 radical (unpaired) electrons. The number of likely N-dealkylation sites (tertiary alicyclic amines) is 1. The van der Waals surface area contributed by atoms with Crippen LogP contribution < -0.4 is 10.8 Å². The van der Waals surface area contributed by atoms with Crippen molar-refractivity contribution in [3.05, 3.63) is 28.5 Å². The summed E-state index contributed by atoms with van der Waals surface area (Å²) in [6, 6.07) is 3.85. The number of ketones is 1. The van der Waals surface area contributed by atoms with E-state index in [1.54, 1.807) is 11.9 Å². The summed E-state index contributed by atoms with van der Waals surface area (Å²) in [6.45, 7) is 0.910. The molecule has 2 amide bonds. The van der Waals surface area contributed by atoms with E-state index < -0.39 is 5.82 Å². The quantitative estimate of drug-likeness (QED) is 0.411. The van der Waals surface area contributed by atoms with Crippen LogP contribution in [0.2, 0.25) is 0 Å². The summed E-state index contributed by atoms with van der Waals surface area (Å²) in [6.07, 6.45) is 0.972. The first kappa shape index (κ1) is 18.3. The van der Waals surface area contributed by atoms with Gasteiger partial charge in [0.15, 0.2) is 5.84 Å². The number of urea groups is 1. The second kappa shape index (κ2) is 8.20. The molecule has 0 aliphatic carbocycles. The predicted octanol–water partition coefficient (Wildman–Crippen LogP) is 2.22. The van der Waals surface area contributed by atoms with Gasteiger partial charge in [0.1, 0.15) is 5.82 Å². The van der Waals surface area contributed by atoms with Crippen molar-refractivity contribution in [1.29, 1.82) is 0 Å². The van der Waals surface area contributed by atoms with Crippen LogP contribution in [0, 0.1) is 11.7 Å². The molecule has 130 valence electrons. The highest BCUT2D eigenvalue weighted by Gasteiger charge is 2.29. The highest BCUT2D eigenvalue weighted by Crippen LogP contribution is 2.23. The first-order valence-electron chi connectivity index (χ1n) is 7.41. The number of hydrogen-bond acceptors (Lipinski definition) is 4. The van der Waals surface area contributed by atoms with E-state index in [1.807, 2.05) is 5.48 Å². The molecule has 1 aliphatic rings. The van der Waals surface area contributed by atoms with Gasteiger partial charge in [-0.15, -0.1) is 0 Å². The molecule has 0 unspecified atom stereocenters. The standard InChI is InChI=1S/C15H18BrFN4O3/c1-18-15(23)21-6-4-9(5-7-21)13(22)14(20-24)19-10-2-3-12(17)11(16)8-10/h2-3,8-9,24H,4-7H2,1H3,(H,18,23)(H,19,20). The fourth-order valence-electron chi connectivity index (χ4n) is 2.52. The van der Waals surface area contributed by atoms with Crippen LogP contribution in [0.5, 0.6) is 0 Å². The highest BCUT2D eigenvalue weighted by atomic mass is 79.9. The first-order chi connectivity index (χ1) is 11.5. The Morgan fingerprint density at radius 2 is 2.04 bits per heavy atom. The molecular weight excluding hydrogens is 383 g/mol. The maximum absolute atomic E-state index is 13.2. The zero-order valence-electron chi connectivity index (χ0n) is 13.1. The maximum atomic E-state index is 13.2. The minimum Gasteiger partial charge on any atom is -0.341 e. The normalized spacial score (nSPS) is 16.0. The van der Waals surface area contributed by atoms with Crippen molar-refractivity contribution in [2.45, 2.75) is 12.8 Å². The Bertz CT molecular complexity index is 660. The molecule has 7 nitrogen and oxygen atoms in total. The topological polar surface area (TPSA) is 94.0 Å². The Kier molecular flexibility index (Phi) is 6.27. The second-order valence-electron chi connectivity index (χ2n) is 5.35. The lowest BCUT2D eigenvalue weighted by Crippen LogP contribution is -2.46. The Morgan fingerprint density at radius 3 is 2.58 bits per heavy atom. The molecule has 1 saturated heterocycles. The Morgan fingerprint density at radius 1 is 1.38 bits per heavy atom. The van der Waals surface area contributed by atoms with Crippen molar-refractivity contribution < 1.29 is 19.2 Å². The molecule has 0 saturated carbocycles. The summed E-state index contributed by atoms with van der Waals surface area (Å²) >= 11 is 3.04. The van der Waals surface area contributed by atoms with E-state index >= 15 is 0 Å². The Hall–Kier alpha value is -2.00. The third-order valence-electron chi connectivity index (χ3n) is 3.85. The number of amides is 2. The molecule has 1 heterocycles. The number of halogens is 2. The molecule has 24 heavy (non-hydrogen) atoms. The number of rotatable bonds is 3. The Labute approximate surface area is 147 Å². The van der Waals surface area contributed by atoms with Crippen molar-refractivity contribution in [1.82, 2.24) is 15.7 Å². The predicted molar refractivity (Wildman–Crippen MR) is 89.9 cm³/mol. The molecule has 3 N–H and O–H groups in total. The molecule has 0 atom stereocenters. The van der Waals surface area contributed by atoms with Gasteiger partial charge < -0.3 is 10.2 Å². The molecule has 2 rings (SSSR count). The van der Waals surface area contributed by atoms with Gasteiger partial charge in [0.2, 0.25) is 5.78 Å². The van der Waals surface area contributed by atoms with Crippen molar-refractivity contribution in [3.8, 4) is 0 Å². The van der Waals surface area contributed by atoms with Gasteiger partial charge in [-0.1, -0.05) is 0 Å². The first-order valence-corrected chi connectivity index (χ1v) is 8.20. The third-order valence-corrected chi connectivity index (χ3v) is 4.46. The number of hydrogen-bond donors (Lipinski definition) is 3. The van der Waals surface area contributed by atoms with Crippen molar-refractivity contribution in [2.24, 2.45) is 10.9 Å². The van der Waals surface area contributed by atoms with Crippen LogP contribution in [0.25, 0.3) is 0 Å². The molecule has 1 aliphatic heterocycles. The van der Waals surface area contributed by atoms with Crippen LogP contribution in [0.4, 0.5) is 14.9 Å². The van der Waals surface area contributed by atoms with Crippen molar-refractivity contribution >= 4 is 39.3 Å². The molecule has 9 heteroatoms. The maximum Gasteiger partial charge on any atom is 0.317 e. The van der Waals surface area contributed by atoms with Crippen LogP contribution in [0.3, 0.4) is 0 Å². The second-order valence-corrected chi connectivity index (χ2v) is 6.21. The average molecular weight is 401 g/mol. The number of hydroxylamine groups is 1. The van der Waals surface area contributed by atoms with E-state index in [-0.39, 0.29) is 28.0 Å². The van der Waals surface area contributed by atoms with Gasteiger partial charge >= 0.3 is 6.03 Å². The average Bonchev–Trinajstić information content (AvgIpc) is 2.61. The number of carbonyl (C=O) groups is 2. The number of aliphatic imine (C=N–C) groups is 1. The number of benzene rings is 1. The number of carbonyl (C=O) groups excluding carboxylic acids is 2. The van der Waals surface area contributed by atoms with Crippen LogP contribution in [0.15, 0.2) is 27.7 Å². The minimum absolute atomic E-state index is 0.175. The molecule has 1 fully saturated rings. The van der Waals surface area contributed by atoms with Crippen molar-refractivity contribution in [3.63, 3.8) is 0 Å². The van der Waals surface area contributed by atoms with Crippen molar-refractivity contribution in [2.75, 3.05) is 20.1 Å². The largest absolute Gasteiger partial charge is 0.341 e. The number of piperidine rings is 1. The monoisotopic (exact) mass is 400 g/mol. The summed E-state index contributed by atoms with van der Waals surface area (Å²) in [5.74, 6) is -1.32. The van der Waals surface area contributed by atoms with Gasteiger partial charge in [-0.25, -0.2) is 19.7 Å². The third kappa shape index (κ3) is 4.30. The van der Waals surface area contributed by atoms with Gasteiger partial charge in [0, 0.05) is 26.1 Å². The van der Waals surface area contributed by atoms with Gasteiger partial charge in [-0.3, -0.25) is 10.0 Å². The SMILES string of the molecule is CNC(=O)N1CCC(C(=O)C(=Nc2ccc(F)c(Br)c2)NO)CC1. The highest BCUT2D eigenvalue weighted by molar-refractivity contribution is 9.10. The Balaban J connectivity index is 2.08. The summed E-state index contributed by atoms with van der Waals surface area (Å²) < 4.78 is 13.4. The lowest BCUT2D eigenvalue weighted by molar-refractivity contribution is -0.118. The number of nitrogens with zero attached hydrogens (tertiary/aromatic N) is 2. The fourth-order valence-corrected chi connectivity index (χ4v) is 2.88. The zero-order valence-corrected chi connectivity index (χ0v) is 14.6. The van der Waals surface area contributed by atoms with Gasteiger partial charge in [0.25, 0.3) is 0 Å². The molecular formula is C15H18BrFN4O3. The van der Waals surface area contributed by atoms with E-state index in [0.717, 1.165) is 0 Å². The summed E-state index contributed by atoms with van der Waals surface area (Å²) in [5.41, 5.74) is 2.15. The summed E-state index contributed by atoms with van der Waals surface area (Å²) in [5, 5.41) is 11.8. The van der Waals surface area contributed by atoms with E-state index in [2.05, 4.69) is 26.2 Å². The molecule has 0 spiro atoms. The number of amidine groups is 1. The molecule has 0 bridgehead atoms. The van der Waals surface area contributed by atoms with Crippen LogP contribution >= 0.6 is 15.9 Å². The summed E-state index contributed by atoms with van der Waals surface area (Å²) in [4.78, 5) is 29.7. The molecule has 1 aromatic carbocycles. The van der Waals surface area contributed by atoms with E-state index in [1.165, 1.54) is 18.2 Å². The molecule has 0 aromatic heterocycles. The number of nitrogens with one attached hydrogen (secondary N) is 2. The smallest absolute Gasteiger partial charge is 0.317 e. The van der Waals surface area contributed by atoms with Crippen LogP contribution in [0.1, 0.15) is 12.8 Å². The van der Waals surface area contributed by atoms with Gasteiger partial charge in [-0.2, -0.15) is 0 Å². The lowest BCUT2D eigenvalue weighted by Gasteiger charge is -2.30. The zero-order chi connectivity index (χ0) is 17.7. The van der Waals surface area contributed by atoms with Crippen LogP contribution in [-0.4, -0.2) is 47.9 Å². The molecule has 1 aromatic rings. The van der Waals surface area contributed by atoms with E-state index in [4.69, 9.17) is 0 Å². The minimum atomic E-state index is -0.444.